The Kier molecular flexibility index (Phi) is 7.95. The van der Waals surface area contributed by atoms with E-state index in [9.17, 15) is 4.79 Å². The maximum atomic E-state index is 11.4. The molecule has 0 aromatic carbocycles. The fraction of sp³-hybridized carbons (Fsp3) is 0.960. The summed E-state index contributed by atoms with van der Waals surface area (Å²) >= 11 is 0. The van der Waals surface area contributed by atoms with Crippen molar-refractivity contribution < 1.29 is 28.5 Å². The van der Waals surface area contributed by atoms with Crippen LogP contribution in [0.3, 0.4) is 0 Å². The molecule has 6 nitrogen and oxygen atoms in total. The highest BCUT2D eigenvalue weighted by Gasteiger charge is 3.16. The number of rotatable bonds is 20. The maximum Gasteiger partial charge on any atom is 0.355 e. The molecule has 0 aliphatic carbocycles. The van der Waals surface area contributed by atoms with Gasteiger partial charge in [0, 0.05) is 6.42 Å². The summed E-state index contributed by atoms with van der Waals surface area (Å²) in [6.07, 6.45) is 22.3. The van der Waals surface area contributed by atoms with Gasteiger partial charge in [-0.15, -0.1) is 0 Å². The van der Waals surface area contributed by atoms with E-state index in [0.29, 0.717) is 13.0 Å². The molecule has 178 valence electrons. The molecule has 31 heavy (non-hydrogen) atoms. The fourth-order valence-corrected chi connectivity index (χ4v) is 5.01. The summed E-state index contributed by atoms with van der Waals surface area (Å²) in [5.74, 6) is -1.63. The zero-order valence-electron chi connectivity index (χ0n) is 19.5. The van der Waals surface area contributed by atoms with Crippen LogP contribution in [0.15, 0.2) is 0 Å². The topological polar surface area (TPSA) is 73.1 Å². The number of unbranched alkanes of at least 4 members (excludes halogenated alkanes) is 14. The molecule has 4 rings (SSSR count). The minimum absolute atomic E-state index is 0.0235. The highest BCUT2D eigenvalue weighted by Crippen LogP contribution is 2.88. The Morgan fingerprint density at radius 2 is 1.26 bits per heavy atom. The first-order valence-electron chi connectivity index (χ1n) is 13.1. The van der Waals surface area contributed by atoms with E-state index in [1.54, 1.807) is 0 Å². The summed E-state index contributed by atoms with van der Waals surface area (Å²) < 4.78 is 27.1. The first-order valence-corrected chi connectivity index (χ1v) is 13.1. The number of esters is 1. The second kappa shape index (κ2) is 10.5. The van der Waals surface area contributed by atoms with Crippen molar-refractivity contribution in [2.45, 2.75) is 146 Å². The third-order valence-corrected chi connectivity index (χ3v) is 7.12. The standard InChI is InChI=1S/C25H42O6/c1-2-20-27-22(26)19-17-15-13-11-9-7-5-3-4-6-8-10-12-14-16-18-21-23(28-21)24-25(29-23,30-24)31-24/h21H,2-20H2,1H3. The largest absolute Gasteiger partial charge is 0.466 e. The van der Waals surface area contributed by atoms with Crippen molar-refractivity contribution in [3.05, 3.63) is 0 Å². The van der Waals surface area contributed by atoms with Crippen LogP contribution in [0.1, 0.15) is 122 Å². The third-order valence-electron chi connectivity index (χ3n) is 7.12. The van der Waals surface area contributed by atoms with Crippen LogP contribution < -0.4 is 0 Å². The van der Waals surface area contributed by atoms with Crippen LogP contribution in [-0.4, -0.2) is 36.2 Å². The molecule has 2 atom stereocenters. The number of carbonyl (C=O) groups is 1. The van der Waals surface area contributed by atoms with Crippen molar-refractivity contribution in [3.63, 3.8) is 0 Å². The quantitative estimate of drug-likeness (QED) is 0.130. The molecule has 0 N–H and O–H groups in total. The average molecular weight is 439 g/mol. The Balaban J connectivity index is 0.817. The molecule has 6 heteroatoms. The first-order chi connectivity index (χ1) is 15.2. The van der Waals surface area contributed by atoms with E-state index in [0.717, 1.165) is 25.7 Å². The fourth-order valence-electron chi connectivity index (χ4n) is 5.01. The van der Waals surface area contributed by atoms with Crippen LogP contribution >= 0.6 is 0 Å². The molecule has 0 amide bonds. The summed E-state index contributed by atoms with van der Waals surface area (Å²) in [7, 11) is 0. The lowest BCUT2D eigenvalue weighted by atomic mass is 10.0. The second-order valence-electron chi connectivity index (χ2n) is 9.82. The van der Waals surface area contributed by atoms with E-state index in [1.165, 1.54) is 83.5 Å². The summed E-state index contributed by atoms with van der Waals surface area (Å²) in [5, 5.41) is 0. The van der Waals surface area contributed by atoms with E-state index in [2.05, 4.69) is 0 Å². The highest BCUT2D eigenvalue weighted by molar-refractivity contribution is 5.69. The van der Waals surface area contributed by atoms with E-state index >= 15 is 0 Å². The summed E-state index contributed by atoms with van der Waals surface area (Å²) in [5.41, 5.74) is 0. The number of hydrogen-bond acceptors (Lipinski definition) is 6. The van der Waals surface area contributed by atoms with E-state index < -0.39 is 17.5 Å². The summed E-state index contributed by atoms with van der Waals surface area (Å²) in [4.78, 5) is 11.4. The van der Waals surface area contributed by atoms with Gasteiger partial charge in [0.1, 0.15) is 6.10 Å². The lowest BCUT2D eigenvalue weighted by molar-refractivity contribution is -0.166. The Bertz CT molecular complexity index is 587. The monoisotopic (exact) mass is 438 g/mol. The predicted molar refractivity (Wildman–Crippen MR) is 116 cm³/mol. The van der Waals surface area contributed by atoms with Gasteiger partial charge in [0.15, 0.2) is 0 Å². The lowest BCUT2D eigenvalue weighted by Crippen LogP contribution is -2.39. The molecule has 1 spiro atoms. The molecule has 0 radical (unpaired) electrons. The summed E-state index contributed by atoms with van der Waals surface area (Å²) in [6.45, 7) is 2.59. The molecule has 4 aliphatic rings. The lowest BCUT2D eigenvalue weighted by Gasteiger charge is -2.10. The minimum Gasteiger partial charge on any atom is -0.466 e. The SMILES string of the molecule is CCCOC(=O)CCCCCCCCCCCCCCCCCC1OC12OC13OC12O3. The smallest absolute Gasteiger partial charge is 0.355 e. The maximum absolute atomic E-state index is 11.4. The van der Waals surface area contributed by atoms with Crippen molar-refractivity contribution >= 4 is 5.97 Å². The van der Waals surface area contributed by atoms with Gasteiger partial charge < -0.3 is 9.47 Å². The van der Waals surface area contributed by atoms with Crippen LogP contribution in [0.5, 0.6) is 0 Å². The van der Waals surface area contributed by atoms with Gasteiger partial charge >= 0.3 is 17.7 Å². The van der Waals surface area contributed by atoms with E-state index in [1.807, 2.05) is 6.92 Å². The van der Waals surface area contributed by atoms with Gasteiger partial charge in [-0.05, 0) is 19.3 Å². The van der Waals surface area contributed by atoms with Gasteiger partial charge in [-0.25, -0.2) is 0 Å². The third kappa shape index (κ3) is 5.29. The zero-order valence-corrected chi connectivity index (χ0v) is 19.5. The molecule has 0 aromatic heterocycles. The zero-order chi connectivity index (χ0) is 21.6. The van der Waals surface area contributed by atoms with Gasteiger partial charge in [-0.2, -0.15) is 0 Å². The molecular formula is C25H42O6. The van der Waals surface area contributed by atoms with Crippen LogP contribution in [0.2, 0.25) is 0 Å². The predicted octanol–water partition coefficient (Wildman–Crippen LogP) is 6.11. The van der Waals surface area contributed by atoms with Crippen LogP contribution in [0.4, 0.5) is 0 Å². The molecule has 4 aliphatic heterocycles. The number of carbonyl (C=O) groups excluding carboxylic acids is 1. The van der Waals surface area contributed by atoms with Gasteiger partial charge in [-0.3, -0.25) is 19.0 Å². The van der Waals surface area contributed by atoms with Gasteiger partial charge in [0.25, 0.3) is 5.79 Å². The van der Waals surface area contributed by atoms with Crippen LogP contribution in [0, 0.1) is 0 Å². The van der Waals surface area contributed by atoms with E-state index in [4.69, 9.17) is 23.7 Å². The van der Waals surface area contributed by atoms with Crippen molar-refractivity contribution in [2.24, 2.45) is 0 Å². The van der Waals surface area contributed by atoms with Crippen LogP contribution in [-0.2, 0) is 28.5 Å². The van der Waals surface area contributed by atoms with E-state index in [-0.39, 0.29) is 12.1 Å². The minimum atomic E-state index is -0.645. The van der Waals surface area contributed by atoms with Gasteiger partial charge in [-0.1, -0.05) is 96.8 Å². The average Bonchev–Trinajstić information content (AvgIpc) is 3.65. The highest BCUT2D eigenvalue weighted by atomic mass is 17.2. The molecule has 0 saturated carbocycles. The number of hydrogen-bond donors (Lipinski definition) is 0. The van der Waals surface area contributed by atoms with Crippen molar-refractivity contribution in [2.75, 3.05) is 6.61 Å². The van der Waals surface area contributed by atoms with Gasteiger partial charge in [0.05, 0.1) is 6.61 Å². The van der Waals surface area contributed by atoms with Crippen molar-refractivity contribution in [1.82, 2.24) is 0 Å². The first kappa shape index (κ1) is 23.5. The molecule has 0 bridgehead atoms. The normalized spacial score (nSPS) is 33.5. The Morgan fingerprint density at radius 1 is 0.742 bits per heavy atom. The molecule has 4 heterocycles. The van der Waals surface area contributed by atoms with Gasteiger partial charge in [0.2, 0.25) is 0 Å². The molecule has 0 aromatic rings. The summed E-state index contributed by atoms with van der Waals surface area (Å²) in [6, 6.07) is 0. The van der Waals surface area contributed by atoms with Crippen molar-refractivity contribution in [1.29, 1.82) is 0 Å². The number of ether oxygens (including phenoxy) is 5. The second-order valence-corrected chi connectivity index (χ2v) is 9.82. The van der Waals surface area contributed by atoms with Crippen molar-refractivity contribution in [3.8, 4) is 0 Å². The molecule has 2 unspecified atom stereocenters. The molecule has 4 fully saturated rings. The Morgan fingerprint density at radius 3 is 1.71 bits per heavy atom. The van der Waals surface area contributed by atoms with Crippen LogP contribution in [0.25, 0.3) is 0 Å². The Hall–Kier alpha value is -0.690. The Labute approximate surface area is 187 Å². The number of epoxide rings is 3. The molecular weight excluding hydrogens is 396 g/mol. The molecule has 4 saturated heterocycles.